The molecule has 0 radical (unpaired) electrons. The molecule has 2 aromatic rings. The fraction of sp³-hybridized carbons (Fsp3) is 0.200. The molecule has 0 fully saturated rings. The van der Waals surface area contributed by atoms with E-state index in [1.165, 1.54) is 6.92 Å². The first-order valence-electron chi connectivity index (χ1n) is 5.94. The second-order valence-electron chi connectivity index (χ2n) is 4.06. The fourth-order valence-electron chi connectivity index (χ4n) is 1.66. The average molecular weight is 273 g/mol. The monoisotopic (exact) mass is 272 g/mol. The van der Waals surface area contributed by atoms with Gasteiger partial charge in [-0.3, -0.25) is 9.78 Å². The zero-order chi connectivity index (χ0) is 13.7. The Morgan fingerprint density at radius 2 is 2.26 bits per heavy atom. The van der Waals surface area contributed by atoms with E-state index < -0.39 is 0 Å². The zero-order valence-corrected chi connectivity index (χ0v) is 11.3. The van der Waals surface area contributed by atoms with Gasteiger partial charge in [0.2, 0.25) is 5.91 Å². The van der Waals surface area contributed by atoms with Crippen LogP contribution in [0.5, 0.6) is 0 Å². The van der Waals surface area contributed by atoms with Crippen molar-refractivity contribution < 1.29 is 4.79 Å². The second-order valence-corrected chi connectivity index (χ2v) is 4.47. The first kappa shape index (κ1) is 13.4. The quantitative estimate of drug-likeness (QED) is 0.675. The van der Waals surface area contributed by atoms with Crippen LogP contribution in [0, 0.1) is 11.8 Å². The molecule has 1 amide bonds. The lowest BCUT2D eigenvalue weighted by molar-refractivity contribution is -0.118. The van der Waals surface area contributed by atoms with Crippen molar-refractivity contribution in [2.75, 3.05) is 6.54 Å². The van der Waals surface area contributed by atoms with Crippen LogP contribution in [0.1, 0.15) is 18.9 Å². The predicted octanol–water partition coefficient (Wildman–Crippen LogP) is 2.77. The van der Waals surface area contributed by atoms with Gasteiger partial charge in [-0.25, -0.2) is 0 Å². The number of hydrogen-bond donors (Lipinski definition) is 1. The number of nitrogens with one attached hydrogen (secondary N) is 1. The maximum Gasteiger partial charge on any atom is 0.216 e. The summed E-state index contributed by atoms with van der Waals surface area (Å²) < 4.78 is 0. The lowest BCUT2D eigenvalue weighted by Gasteiger charge is -1.99. The van der Waals surface area contributed by atoms with Crippen molar-refractivity contribution in [3.63, 3.8) is 0 Å². The van der Waals surface area contributed by atoms with Gasteiger partial charge in [-0.05, 0) is 18.2 Å². The summed E-state index contributed by atoms with van der Waals surface area (Å²) in [5, 5.41) is 4.31. The highest BCUT2D eigenvalue weighted by atomic mass is 35.5. The highest BCUT2D eigenvalue weighted by Crippen LogP contribution is 2.21. The molecule has 1 N–H and O–H groups in total. The summed E-state index contributed by atoms with van der Waals surface area (Å²) in [7, 11) is 0. The smallest absolute Gasteiger partial charge is 0.216 e. The molecule has 0 bridgehead atoms. The van der Waals surface area contributed by atoms with Gasteiger partial charge in [0.1, 0.15) is 0 Å². The SMILES string of the molecule is CC(=O)NCCC#Cc1ccc2c(Cl)ccnc2c1. The minimum atomic E-state index is -0.0358. The van der Waals surface area contributed by atoms with Gasteiger partial charge >= 0.3 is 0 Å². The number of benzene rings is 1. The van der Waals surface area contributed by atoms with Crippen LogP contribution < -0.4 is 5.32 Å². The van der Waals surface area contributed by atoms with Crippen molar-refractivity contribution in [3.8, 4) is 11.8 Å². The first-order chi connectivity index (χ1) is 9.16. The number of halogens is 1. The van der Waals surface area contributed by atoms with Gasteiger partial charge in [0.05, 0.1) is 10.5 Å². The maximum atomic E-state index is 10.7. The van der Waals surface area contributed by atoms with Gasteiger partial charge in [0, 0.05) is 37.0 Å². The minimum absolute atomic E-state index is 0.0358. The van der Waals surface area contributed by atoms with Crippen molar-refractivity contribution in [1.29, 1.82) is 0 Å². The van der Waals surface area contributed by atoms with Crippen LogP contribution in [0.2, 0.25) is 5.02 Å². The molecule has 0 aliphatic carbocycles. The topological polar surface area (TPSA) is 42.0 Å². The largest absolute Gasteiger partial charge is 0.355 e. The van der Waals surface area contributed by atoms with Crippen molar-refractivity contribution in [1.82, 2.24) is 10.3 Å². The molecule has 1 aromatic heterocycles. The highest BCUT2D eigenvalue weighted by Gasteiger charge is 1.99. The van der Waals surface area contributed by atoms with E-state index in [0.717, 1.165) is 16.5 Å². The second kappa shape index (κ2) is 6.21. The summed E-state index contributed by atoms with van der Waals surface area (Å²) in [5.41, 5.74) is 1.73. The van der Waals surface area contributed by atoms with Gasteiger partial charge in [-0.15, -0.1) is 0 Å². The number of amides is 1. The van der Waals surface area contributed by atoms with E-state index in [1.807, 2.05) is 18.2 Å². The van der Waals surface area contributed by atoms with E-state index in [4.69, 9.17) is 11.6 Å². The molecule has 0 unspecified atom stereocenters. The molecule has 0 aliphatic heterocycles. The molecule has 1 heterocycles. The molecule has 0 saturated heterocycles. The summed E-state index contributed by atoms with van der Waals surface area (Å²) >= 11 is 6.07. The first-order valence-corrected chi connectivity index (χ1v) is 6.32. The zero-order valence-electron chi connectivity index (χ0n) is 10.5. The molecule has 0 aliphatic rings. The van der Waals surface area contributed by atoms with Crippen molar-refractivity contribution in [2.24, 2.45) is 0 Å². The molecule has 1 aromatic carbocycles. The molecule has 0 spiro atoms. The molecular formula is C15H13ClN2O. The summed E-state index contributed by atoms with van der Waals surface area (Å²) in [6.45, 7) is 2.06. The van der Waals surface area contributed by atoms with Gasteiger partial charge in [-0.1, -0.05) is 29.5 Å². The van der Waals surface area contributed by atoms with Gasteiger partial charge in [0.25, 0.3) is 0 Å². The summed E-state index contributed by atoms with van der Waals surface area (Å²) in [4.78, 5) is 14.9. The molecule has 0 atom stereocenters. The van der Waals surface area contributed by atoms with Crippen LogP contribution in [0.25, 0.3) is 10.9 Å². The lowest BCUT2D eigenvalue weighted by atomic mass is 10.1. The third-order valence-corrected chi connectivity index (χ3v) is 2.88. The Morgan fingerprint density at radius 3 is 3.05 bits per heavy atom. The van der Waals surface area contributed by atoms with Crippen molar-refractivity contribution in [3.05, 3.63) is 41.0 Å². The number of rotatable bonds is 2. The van der Waals surface area contributed by atoms with Crippen LogP contribution in [-0.2, 0) is 4.79 Å². The Balaban J connectivity index is 2.10. The number of fused-ring (bicyclic) bond motifs is 1. The van der Waals surface area contributed by atoms with Gasteiger partial charge in [-0.2, -0.15) is 0 Å². The van der Waals surface area contributed by atoms with Crippen molar-refractivity contribution >= 4 is 28.4 Å². The maximum absolute atomic E-state index is 10.7. The van der Waals surface area contributed by atoms with Crippen LogP contribution >= 0.6 is 11.6 Å². The van der Waals surface area contributed by atoms with Crippen LogP contribution in [-0.4, -0.2) is 17.4 Å². The molecule has 2 rings (SSSR count). The number of hydrogen-bond acceptors (Lipinski definition) is 2. The van der Waals surface area contributed by atoms with E-state index in [0.29, 0.717) is 18.0 Å². The Kier molecular flexibility index (Phi) is 4.38. The van der Waals surface area contributed by atoms with Crippen LogP contribution in [0.3, 0.4) is 0 Å². The van der Waals surface area contributed by atoms with Gasteiger partial charge < -0.3 is 5.32 Å². The van der Waals surface area contributed by atoms with Crippen molar-refractivity contribution in [2.45, 2.75) is 13.3 Å². The molecule has 19 heavy (non-hydrogen) atoms. The Labute approximate surface area is 117 Å². The normalized spacial score (nSPS) is 9.79. The van der Waals surface area contributed by atoms with E-state index in [2.05, 4.69) is 22.1 Å². The van der Waals surface area contributed by atoms with E-state index in [1.54, 1.807) is 12.3 Å². The standard InChI is InChI=1S/C15H13ClN2O/c1-11(19)17-8-3-2-4-12-5-6-13-14(16)7-9-18-15(13)10-12/h5-7,9-10H,3,8H2,1H3,(H,17,19). The Bertz CT molecular complexity index is 671. The molecule has 3 nitrogen and oxygen atoms in total. The molecule has 96 valence electrons. The lowest BCUT2D eigenvalue weighted by Crippen LogP contribution is -2.20. The van der Waals surface area contributed by atoms with Crippen LogP contribution in [0.15, 0.2) is 30.5 Å². The fourth-order valence-corrected chi connectivity index (χ4v) is 1.87. The molecule has 0 saturated carbocycles. The number of carbonyl (C=O) groups excluding carboxylic acids is 1. The summed E-state index contributed by atoms with van der Waals surface area (Å²) in [6.07, 6.45) is 2.30. The Morgan fingerprint density at radius 1 is 1.42 bits per heavy atom. The number of pyridine rings is 1. The predicted molar refractivity (Wildman–Crippen MR) is 76.9 cm³/mol. The number of aromatic nitrogens is 1. The minimum Gasteiger partial charge on any atom is -0.355 e. The van der Waals surface area contributed by atoms with E-state index in [9.17, 15) is 4.79 Å². The highest BCUT2D eigenvalue weighted by molar-refractivity contribution is 6.35. The Hall–Kier alpha value is -2.05. The third kappa shape index (κ3) is 3.70. The van der Waals surface area contributed by atoms with Crippen LogP contribution in [0.4, 0.5) is 0 Å². The van der Waals surface area contributed by atoms with E-state index in [-0.39, 0.29) is 5.91 Å². The average Bonchev–Trinajstić information content (AvgIpc) is 2.38. The molecular weight excluding hydrogens is 260 g/mol. The molecule has 4 heteroatoms. The number of carbonyl (C=O) groups is 1. The summed E-state index contributed by atoms with van der Waals surface area (Å²) in [6, 6.07) is 7.51. The summed E-state index contributed by atoms with van der Waals surface area (Å²) in [5.74, 6) is 6.02. The number of nitrogens with zero attached hydrogens (tertiary/aromatic N) is 1. The van der Waals surface area contributed by atoms with E-state index >= 15 is 0 Å². The van der Waals surface area contributed by atoms with Gasteiger partial charge in [0.15, 0.2) is 0 Å². The third-order valence-electron chi connectivity index (χ3n) is 2.55.